The molecule has 196 valence electrons. The van der Waals surface area contributed by atoms with Gasteiger partial charge < -0.3 is 14.8 Å². The van der Waals surface area contributed by atoms with Gasteiger partial charge in [-0.15, -0.1) is 0 Å². The number of nitro groups is 1. The highest BCUT2D eigenvalue weighted by atomic mass is 32.2. The van der Waals surface area contributed by atoms with E-state index < -0.39 is 33.4 Å². The van der Waals surface area contributed by atoms with Crippen LogP contribution in [0.25, 0.3) is 0 Å². The number of rotatable bonds is 11. The molecule has 0 aliphatic carbocycles. The van der Waals surface area contributed by atoms with Crippen LogP contribution in [0.5, 0.6) is 11.5 Å². The first-order chi connectivity index (χ1) is 17.6. The van der Waals surface area contributed by atoms with Crippen LogP contribution in [0.15, 0.2) is 71.6 Å². The molecule has 3 aromatic carbocycles. The third-order valence-electron chi connectivity index (χ3n) is 5.68. The molecule has 0 saturated carbocycles. The van der Waals surface area contributed by atoms with Gasteiger partial charge in [0.1, 0.15) is 18.0 Å². The molecule has 1 N–H and O–H groups in total. The van der Waals surface area contributed by atoms with E-state index in [0.29, 0.717) is 23.7 Å². The van der Waals surface area contributed by atoms with Crippen molar-refractivity contribution >= 4 is 27.3 Å². The van der Waals surface area contributed by atoms with Crippen molar-refractivity contribution in [1.29, 1.82) is 0 Å². The number of carbonyl (C=O) groups excluding carboxylic acids is 1. The first-order valence-electron chi connectivity index (χ1n) is 11.5. The molecule has 0 bridgehead atoms. The third-order valence-corrected chi connectivity index (χ3v) is 7.45. The molecule has 0 aliphatic heterocycles. The van der Waals surface area contributed by atoms with E-state index in [1.807, 2.05) is 19.1 Å². The number of nitro benzene ring substituents is 1. The van der Waals surface area contributed by atoms with Crippen molar-refractivity contribution in [2.75, 3.05) is 24.6 Å². The van der Waals surface area contributed by atoms with Crippen LogP contribution < -0.4 is 19.1 Å². The molecule has 0 unspecified atom stereocenters. The van der Waals surface area contributed by atoms with Crippen molar-refractivity contribution in [3.05, 3.63) is 88.0 Å². The molecule has 10 nitrogen and oxygen atoms in total. The van der Waals surface area contributed by atoms with Crippen LogP contribution in [0.4, 0.5) is 11.4 Å². The molecule has 3 rings (SSSR count). The Bertz CT molecular complexity index is 1360. The Labute approximate surface area is 216 Å². The lowest BCUT2D eigenvalue weighted by Gasteiger charge is -2.25. The first kappa shape index (κ1) is 27.5. The van der Waals surface area contributed by atoms with E-state index in [1.165, 1.54) is 38.3 Å². The number of methoxy groups -OCH3 is 1. The van der Waals surface area contributed by atoms with E-state index in [0.717, 1.165) is 15.9 Å². The summed E-state index contributed by atoms with van der Waals surface area (Å²) in [7, 11) is -2.87. The van der Waals surface area contributed by atoms with Crippen LogP contribution in [0, 0.1) is 17.0 Å². The van der Waals surface area contributed by atoms with Crippen molar-refractivity contribution < 1.29 is 27.6 Å². The maximum Gasteiger partial charge on any atom is 0.273 e. The van der Waals surface area contributed by atoms with Gasteiger partial charge in [0.15, 0.2) is 0 Å². The summed E-state index contributed by atoms with van der Waals surface area (Å²) in [6, 6.07) is 16.6. The lowest BCUT2D eigenvalue weighted by atomic mass is 10.1. The fraction of sp³-hybridized carbons (Fsp3) is 0.269. The van der Waals surface area contributed by atoms with Crippen LogP contribution in [0.1, 0.15) is 31.0 Å². The molecular weight excluding hydrogens is 498 g/mol. The van der Waals surface area contributed by atoms with E-state index in [9.17, 15) is 23.3 Å². The van der Waals surface area contributed by atoms with Gasteiger partial charge in [-0.3, -0.25) is 19.2 Å². The number of anilines is 1. The van der Waals surface area contributed by atoms with Crippen LogP contribution >= 0.6 is 0 Å². The molecule has 0 saturated heterocycles. The fourth-order valence-electron chi connectivity index (χ4n) is 3.66. The fourth-order valence-corrected chi connectivity index (χ4v) is 5.10. The summed E-state index contributed by atoms with van der Waals surface area (Å²) in [5, 5.41) is 14.2. The highest BCUT2D eigenvalue weighted by molar-refractivity contribution is 7.92. The monoisotopic (exact) mass is 527 g/mol. The maximum absolute atomic E-state index is 13.6. The zero-order valence-electron chi connectivity index (χ0n) is 21.0. The van der Waals surface area contributed by atoms with Crippen molar-refractivity contribution in [2.24, 2.45) is 0 Å². The molecule has 0 spiro atoms. The lowest BCUT2D eigenvalue weighted by Crippen LogP contribution is -2.41. The lowest BCUT2D eigenvalue weighted by molar-refractivity contribution is -0.385. The van der Waals surface area contributed by atoms with Crippen LogP contribution in [0.3, 0.4) is 0 Å². The Kier molecular flexibility index (Phi) is 8.72. The van der Waals surface area contributed by atoms with Gasteiger partial charge in [0, 0.05) is 11.6 Å². The average Bonchev–Trinajstić information content (AvgIpc) is 2.88. The molecule has 3 aromatic rings. The van der Waals surface area contributed by atoms with E-state index in [4.69, 9.17) is 9.47 Å². The van der Waals surface area contributed by atoms with Gasteiger partial charge in [-0.05, 0) is 68.8 Å². The van der Waals surface area contributed by atoms with Gasteiger partial charge in [-0.2, -0.15) is 0 Å². The largest absolute Gasteiger partial charge is 0.497 e. The molecule has 0 aliphatic rings. The Hall–Kier alpha value is -4.12. The van der Waals surface area contributed by atoms with Gasteiger partial charge in [0.25, 0.3) is 15.7 Å². The number of hydrogen-bond acceptors (Lipinski definition) is 7. The Morgan fingerprint density at radius 2 is 1.68 bits per heavy atom. The molecule has 11 heteroatoms. The van der Waals surface area contributed by atoms with E-state index >= 15 is 0 Å². The van der Waals surface area contributed by atoms with Crippen molar-refractivity contribution in [3.63, 3.8) is 0 Å². The second-order valence-electron chi connectivity index (χ2n) is 8.21. The van der Waals surface area contributed by atoms with Gasteiger partial charge in [-0.25, -0.2) is 8.42 Å². The Balaban J connectivity index is 1.91. The SMILES string of the molecule is CCOc1ccc([C@@H](C)NC(=O)CN(c2ccc(OC)cc2)S(=O)(=O)c2ccc(C)c([N+](=O)[O-])c2)cc1. The third kappa shape index (κ3) is 6.56. The number of nitrogens with zero attached hydrogens (tertiary/aromatic N) is 2. The van der Waals surface area contributed by atoms with Gasteiger partial charge >= 0.3 is 0 Å². The van der Waals surface area contributed by atoms with Gasteiger partial charge in [0.05, 0.1) is 35.3 Å². The van der Waals surface area contributed by atoms with Crippen molar-refractivity contribution in [2.45, 2.75) is 31.7 Å². The average molecular weight is 528 g/mol. The second kappa shape index (κ2) is 11.7. The number of sulfonamides is 1. The minimum Gasteiger partial charge on any atom is -0.497 e. The predicted octanol–water partition coefficient (Wildman–Crippen LogP) is 4.38. The molecule has 37 heavy (non-hydrogen) atoms. The summed E-state index contributed by atoms with van der Waals surface area (Å²) in [5.74, 6) is 0.650. The Morgan fingerprint density at radius 3 is 2.24 bits per heavy atom. The Morgan fingerprint density at radius 1 is 1.05 bits per heavy atom. The molecule has 0 fully saturated rings. The topological polar surface area (TPSA) is 128 Å². The quantitative estimate of drug-likeness (QED) is 0.289. The van der Waals surface area contributed by atoms with E-state index in [1.54, 1.807) is 31.2 Å². The standard InChI is InChI=1S/C26H29N3O7S/c1-5-36-23-11-7-20(8-12-23)19(3)27-26(30)17-28(21-9-13-22(35-4)14-10-21)37(33,34)24-15-6-18(2)25(16-24)29(31)32/h6-16,19H,5,17H2,1-4H3,(H,27,30)/t19-/m1/s1. The first-order valence-corrected chi connectivity index (χ1v) is 12.9. The summed E-state index contributed by atoms with van der Waals surface area (Å²) in [5.41, 5.74) is 1.00. The van der Waals surface area contributed by atoms with Crippen molar-refractivity contribution in [1.82, 2.24) is 5.32 Å². The maximum atomic E-state index is 13.6. The van der Waals surface area contributed by atoms with Gasteiger partial charge in [0.2, 0.25) is 5.91 Å². The molecule has 0 heterocycles. The minimum atomic E-state index is -4.34. The smallest absolute Gasteiger partial charge is 0.273 e. The highest BCUT2D eigenvalue weighted by Crippen LogP contribution is 2.29. The molecule has 1 amide bonds. The van der Waals surface area contributed by atoms with Gasteiger partial charge in [-0.1, -0.05) is 18.2 Å². The second-order valence-corrected chi connectivity index (χ2v) is 10.1. The summed E-state index contributed by atoms with van der Waals surface area (Å²) in [6.07, 6.45) is 0. The van der Waals surface area contributed by atoms with Crippen LogP contribution in [-0.2, 0) is 14.8 Å². The number of ether oxygens (including phenoxy) is 2. The molecular formula is C26H29N3O7S. The summed E-state index contributed by atoms with van der Waals surface area (Å²) >= 11 is 0. The predicted molar refractivity (Wildman–Crippen MR) is 140 cm³/mol. The zero-order chi connectivity index (χ0) is 27.2. The van der Waals surface area contributed by atoms with Crippen LogP contribution in [-0.4, -0.2) is 39.5 Å². The number of nitrogens with one attached hydrogen (secondary N) is 1. The van der Waals surface area contributed by atoms with E-state index in [-0.39, 0.29) is 16.3 Å². The zero-order valence-corrected chi connectivity index (χ0v) is 21.8. The number of benzene rings is 3. The summed E-state index contributed by atoms with van der Waals surface area (Å²) in [6.45, 7) is 5.17. The number of hydrogen-bond donors (Lipinski definition) is 1. The highest BCUT2D eigenvalue weighted by Gasteiger charge is 2.29. The number of aryl methyl sites for hydroxylation is 1. The molecule has 0 aromatic heterocycles. The van der Waals surface area contributed by atoms with Crippen LogP contribution in [0.2, 0.25) is 0 Å². The number of carbonyl (C=O) groups is 1. The normalized spacial score (nSPS) is 11.9. The summed E-state index contributed by atoms with van der Waals surface area (Å²) < 4.78 is 38.8. The summed E-state index contributed by atoms with van der Waals surface area (Å²) in [4.78, 5) is 23.5. The van der Waals surface area contributed by atoms with Crippen molar-refractivity contribution in [3.8, 4) is 11.5 Å². The van der Waals surface area contributed by atoms with E-state index in [2.05, 4.69) is 5.32 Å². The molecule has 1 atom stereocenters. The number of amides is 1. The minimum absolute atomic E-state index is 0.202. The molecule has 0 radical (unpaired) electrons.